The summed E-state index contributed by atoms with van der Waals surface area (Å²) in [7, 11) is 0. The zero-order valence-corrected chi connectivity index (χ0v) is 12.7. The molecule has 0 spiro atoms. The number of aliphatic hydroxyl groups is 2. The van der Waals surface area contributed by atoms with Crippen LogP contribution in [-0.2, 0) is 0 Å². The van der Waals surface area contributed by atoms with Gasteiger partial charge in [0.2, 0.25) is 0 Å². The van der Waals surface area contributed by atoms with Gasteiger partial charge in [0.15, 0.2) is 0 Å². The molecule has 0 saturated carbocycles. The highest BCUT2D eigenvalue weighted by atomic mass is 16.3. The molecule has 0 bridgehead atoms. The zero-order valence-electron chi connectivity index (χ0n) is 12.7. The number of unbranched alkanes of at least 4 members (excludes halogenated alkanes) is 4. The van der Waals surface area contributed by atoms with Gasteiger partial charge in [-0.05, 0) is 25.0 Å². The van der Waals surface area contributed by atoms with E-state index in [0.29, 0.717) is 24.1 Å². The minimum absolute atomic E-state index is 0.181. The number of nitrogens with zero attached hydrogens (tertiary/aromatic N) is 1. The van der Waals surface area contributed by atoms with Gasteiger partial charge in [-0.15, -0.1) is 0 Å². The second-order valence-corrected chi connectivity index (χ2v) is 5.70. The number of rotatable bonds is 9. The topological polar surface area (TPSA) is 77.8 Å². The Morgan fingerprint density at radius 1 is 0.909 bits per heavy atom. The third-order valence-corrected chi connectivity index (χ3v) is 4.01. The fourth-order valence-corrected chi connectivity index (χ4v) is 2.71. The van der Waals surface area contributed by atoms with E-state index in [2.05, 4.69) is 0 Å². The van der Waals surface area contributed by atoms with Crippen molar-refractivity contribution in [2.45, 2.75) is 44.6 Å². The van der Waals surface area contributed by atoms with E-state index in [1.807, 2.05) is 0 Å². The van der Waals surface area contributed by atoms with E-state index in [4.69, 9.17) is 5.11 Å². The van der Waals surface area contributed by atoms with Crippen LogP contribution in [0.1, 0.15) is 59.2 Å². The summed E-state index contributed by atoms with van der Waals surface area (Å²) in [4.78, 5) is 25.6. The van der Waals surface area contributed by atoms with Gasteiger partial charge in [0.1, 0.15) is 0 Å². The van der Waals surface area contributed by atoms with Crippen LogP contribution in [0.4, 0.5) is 0 Å². The van der Waals surface area contributed by atoms with Gasteiger partial charge in [0.25, 0.3) is 11.8 Å². The third-order valence-electron chi connectivity index (χ3n) is 4.01. The van der Waals surface area contributed by atoms with Crippen LogP contribution in [0.3, 0.4) is 0 Å². The number of amides is 2. The summed E-state index contributed by atoms with van der Waals surface area (Å²) in [6.45, 7) is 0.283. The summed E-state index contributed by atoms with van der Waals surface area (Å²) < 4.78 is 0. The van der Waals surface area contributed by atoms with Gasteiger partial charge in [-0.2, -0.15) is 0 Å². The molecule has 0 radical (unpaired) electrons. The molecular weight excluding hydrogens is 282 g/mol. The molecule has 5 nitrogen and oxygen atoms in total. The number of hydrogen-bond acceptors (Lipinski definition) is 4. The number of hydrogen-bond donors (Lipinski definition) is 2. The van der Waals surface area contributed by atoms with Crippen molar-refractivity contribution in [1.29, 1.82) is 0 Å². The maximum absolute atomic E-state index is 12.1. The Hall–Kier alpha value is -1.72. The molecule has 1 atom stereocenters. The molecule has 22 heavy (non-hydrogen) atoms. The van der Waals surface area contributed by atoms with Gasteiger partial charge in [-0.25, -0.2) is 0 Å². The fourth-order valence-electron chi connectivity index (χ4n) is 2.71. The van der Waals surface area contributed by atoms with E-state index in [-0.39, 0.29) is 18.4 Å². The van der Waals surface area contributed by atoms with Crippen LogP contribution in [0.25, 0.3) is 0 Å². The van der Waals surface area contributed by atoms with E-state index >= 15 is 0 Å². The van der Waals surface area contributed by atoms with Crippen LogP contribution in [0.2, 0.25) is 0 Å². The molecule has 2 N–H and O–H groups in total. The Bertz CT molecular complexity index is 494. The fraction of sp³-hybridized carbons (Fsp3) is 0.529. The first-order valence-corrected chi connectivity index (χ1v) is 7.89. The zero-order chi connectivity index (χ0) is 15.9. The number of carbonyl (C=O) groups excluding carboxylic acids is 2. The lowest BCUT2D eigenvalue weighted by Crippen LogP contribution is -2.30. The molecule has 1 aliphatic heterocycles. The molecule has 1 aromatic rings. The normalized spacial score (nSPS) is 15.3. The van der Waals surface area contributed by atoms with Crippen molar-refractivity contribution < 1.29 is 19.8 Å². The largest absolute Gasteiger partial charge is 0.394 e. The molecule has 1 aromatic carbocycles. The van der Waals surface area contributed by atoms with Gasteiger partial charge in [0.05, 0.1) is 23.8 Å². The van der Waals surface area contributed by atoms with Gasteiger partial charge in [0, 0.05) is 6.54 Å². The Kier molecular flexibility index (Phi) is 6.10. The summed E-state index contributed by atoms with van der Waals surface area (Å²) in [5, 5.41) is 17.9. The molecular formula is C17H23NO4. The molecule has 0 aliphatic carbocycles. The van der Waals surface area contributed by atoms with Gasteiger partial charge >= 0.3 is 0 Å². The van der Waals surface area contributed by atoms with Gasteiger partial charge in [-0.1, -0.05) is 37.8 Å². The summed E-state index contributed by atoms with van der Waals surface area (Å²) in [5.74, 6) is -0.377. The highest BCUT2D eigenvalue weighted by molar-refractivity contribution is 6.21. The smallest absolute Gasteiger partial charge is 0.261 e. The molecule has 2 rings (SSSR count). The highest BCUT2D eigenvalue weighted by Gasteiger charge is 2.34. The quantitative estimate of drug-likeness (QED) is 0.540. The Morgan fingerprint density at radius 2 is 1.45 bits per heavy atom. The maximum atomic E-state index is 12.1. The predicted octanol–water partition coefficient (Wildman–Crippen LogP) is 1.98. The van der Waals surface area contributed by atoms with Gasteiger partial charge < -0.3 is 10.2 Å². The van der Waals surface area contributed by atoms with Crippen molar-refractivity contribution in [2.24, 2.45) is 0 Å². The van der Waals surface area contributed by atoms with E-state index in [1.165, 1.54) is 4.90 Å². The number of imide groups is 1. The Labute approximate surface area is 130 Å². The lowest BCUT2D eigenvalue weighted by molar-refractivity contribution is 0.0651. The minimum Gasteiger partial charge on any atom is -0.394 e. The standard InChI is InChI=1S/C17H23NO4/c19-12-13(20)8-4-2-1-3-7-11-18-16(21)14-9-5-6-10-15(14)17(18)22/h5-6,9-10,13,19-20H,1-4,7-8,11-12H2. The SMILES string of the molecule is O=C1c2ccccc2C(=O)N1CCCCCCCC(O)CO. The highest BCUT2D eigenvalue weighted by Crippen LogP contribution is 2.22. The molecule has 0 aromatic heterocycles. The summed E-state index contributed by atoms with van der Waals surface area (Å²) in [6.07, 6.45) is 4.62. The van der Waals surface area contributed by atoms with E-state index in [0.717, 1.165) is 32.1 Å². The minimum atomic E-state index is -0.613. The lowest BCUT2D eigenvalue weighted by atomic mass is 10.1. The molecule has 1 unspecified atom stereocenters. The van der Waals surface area contributed by atoms with Crippen LogP contribution < -0.4 is 0 Å². The van der Waals surface area contributed by atoms with E-state index in [9.17, 15) is 14.7 Å². The number of carbonyl (C=O) groups is 2. The van der Waals surface area contributed by atoms with Crippen molar-refractivity contribution >= 4 is 11.8 Å². The van der Waals surface area contributed by atoms with Crippen molar-refractivity contribution in [3.63, 3.8) is 0 Å². The second-order valence-electron chi connectivity index (χ2n) is 5.70. The van der Waals surface area contributed by atoms with Crippen molar-refractivity contribution in [1.82, 2.24) is 4.90 Å². The summed E-state index contributed by atoms with van der Waals surface area (Å²) in [5.41, 5.74) is 1.01. The summed E-state index contributed by atoms with van der Waals surface area (Å²) >= 11 is 0. The Balaban J connectivity index is 1.67. The number of aliphatic hydroxyl groups excluding tert-OH is 2. The summed E-state index contributed by atoms with van der Waals surface area (Å²) in [6, 6.07) is 6.94. The van der Waals surface area contributed by atoms with E-state index < -0.39 is 6.10 Å². The molecule has 120 valence electrons. The van der Waals surface area contributed by atoms with Crippen LogP contribution in [0.15, 0.2) is 24.3 Å². The van der Waals surface area contributed by atoms with Crippen LogP contribution in [0.5, 0.6) is 0 Å². The van der Waals surface area contributed by atoms with Crippen LogP contribution >= 0.6 is 0 Å². The number of fused-ring (bicyclic) bond motifs is 1. The average Bonchev–Trinajstić information content (AvgIpc) is 2.78. The van der Waals surface area contributed by atoms with Crippen molar-refractivity contribution in [3.8, 4) is 0 Å². The number of benzene rings is 1. The van der Waals surface area contributed by atoms with Crippen molar-refractivity contribution in [2.75, 3.05) is 13.2 Å². The van der Waals surface area contributed by atoms with Crippen molar-refractivity contribution in [3.05, 3.63) is 35.4 Å². The Morgan fingerprint density at radius 3 is 2.05 bits per heavy atom. The molecule has 1 heterocycles. The lowest BCUT2D eigenvalue weighted by Gasteiger charge is -2.13. The third kappa shape index (κ3) is 3.93. The average molecular weight is 305 g/mol. The first-order valence-electron chi connectivity index (χ1n) is 7.89. The van der Waals surface area contributed by atoms with Crippen LogP contribution in [0, 0.1) is 0 Å². The van der Waals surface area contributed by atoms with Crippen LogP contribution in [-0.4, -0.2) is 46.2 Å². The molecule has 5 heteroatoms. The molecule has 0 fully saturated rings. The molecule has 1 aliphatic rings. The second kappa shape index (κ2) is 8.06. The maximum Gasteiger partial charge on any atom is 0.261 e. The molecule has 0 saturated heterocycles. The van der Waals surface area contributed by atoms with E-state index in [1.54, 1.807) is 24.3 Å². The van der Waals surface area contributed by atoms with Gasteiger partial charge in [-0.3, -0.25) is 14.5 Å². The first kappa shape index (κ1) is 16.6. The first-order chi connectivity index (χ1) is 10.6. The predicted molar refractivity (Wildman–Crippen MR) is 82.6 cm³/mol. The monoisotopic (exact) mass is 305 g/mol. The molecule has 2 amide bonds.